The average molecular weight is 377 g/mol. The molecule has 6 nitrogen and oxygen atoms in total. The largest absolute Gasteiger partial charge is 0.451 e. The maximum absolute atomic E-state index is 12.3. The van der Waals surface area contributed by atoms with Crippen molar-refractivity contribution in [2.75, 3.05) is 5.32 Å². The highest BCUT2D eigenvalue weighted by Gasteiger charge is 2.19. The highest BCUT2D eigenvalue weighted by atomic mass is 35.5. The fourth-order valence-electron chi connectivity index (χ4n) is 2.21. The molecule has 8 heteroatoms. The molecule has 1 amide bonds. The summed E-state index contributed by atoms with van der Waals surface area (Å²) < 4.78 is 5.51. The zero-order valence-electron chi connectivity index (χ0n) is 12.5. The van der Waals surface area contributed by atoms with Gasteiger partial charge in [-0.05, 0) is 36.4 Å². The number of carbonyl (C=O) groups is 1. The summed E-state index contributed by atoms with van der Waals surface area (Å²) in [5, 5.41) is 14.4. The molecule has 3 aromatic rings. The Bertz CT molecular complexity index is 969. The number of hydrogen-bond acceptors (Lipinski definition) is 4. The number of halogens is 2. The molecular formula is C17H10Cl2N2O4. The first-order chi connectivity index (χ1) is 12.0. The van der Waals surface area contributed by atoms with Gasteiger partial charge < -0.3 is 9.73 Å². The van der Waals surface area contributed by atoms with E-state index >= 15 is 0 Å². The van der Waals surface area contributed by atoms with Crippen LogP contribution in [0.3, 0.4) is 0 Å². The van der Waals surface area contributed by atoms with Gasteiger partial charge in [0, 0.05) is 16.7 Å². The highest BCUT2D eigenvalue weighted by Crippen LogP contribution is 2.32. The van der Waals surface area contributed by atoms with Crippen molar-refractivity contribution in [1.82, 2.24) is 0 Å². The highest BCUT2D eigenvalue weighted by molar-refractivity contribution is 6.35. The summed E-state index contributed by atoms with van der Waals surface area (Å²) in [7, 11) is 0. The molecule has 0 unspecified atom stereocenters. The molecule has 1 N–H and O–H groups in total. The van der Waals surface area contributed by atoms with Gasteiger partial charge in [-0.2, -0.15) is 0 Å². The second kappa shape index (κ2) is 6.96. The third-order valence-electron chi connectivity index (χ3n) is 3.37. The van der Waals surface area contributed by atoms with E-state index in [9.17, 15) is 14.9 Å². The van der Waals surface area contributed by atoms with Crippen LogP contribution in [0, 0.1) is 10.1 Å². The topological polar surface area (TPSA) is 85.4 Å². The average Bonchev–Trinajstić information content (AvgIpc) is 3.07. The van der Waals surface area contributed by atoms with Crippen LogP contribution in [0.1, 0.15) is 10.6 Å². The van der Waals surface area contributed by atoms with Gasteiger partial charge in [0.2, 0.25) is 0 Å². The number of nitro groups is 1. The lowest BCUT2D eigenvalue weighted by atomic mass is 10.2. The molecule has 1 aromatic heterocycles. The summed E-state index contributed by atoms with van der Waals surface area (Å²) in [5.41, 5.74) is 0.413. The van der Waals surface area contributed by atoms with Crippen molar-refractivity contribution >= 4 is 40.5 Å². The van der Waals surface area contributed by atoms with Crippen LogP contribution in [0.5, 0.6) is 0 Å². The van der Waals surface area contributed by atoms with Crippen LogP contribution in [0.4, 0.5) is 11.4 Å². The van der Waals surface area contributed by atoms with Crippen molar-refractivity contribution in [2.24, 2.45) is 0 Å². The van der Waals surface area contributed by atoms with E-state index in [4.69, 9.17) is 27.6 Å². The predicted octanol–water partition coefficient (Wildman–Crippen LogP) is 5.41. The van der Waals surface area contributed by atoms with Crippen LogP contribution in [-0.4, -0.2) is 10.8 Å². The van der Waals surface area contributed by atoms with Crippen LogP contribution in [0.15, 0.2) is 59.0 Å². The third kappa shape index (κ3) is 3.65. The zero-order valence-corrected chi connectivity index (χ0v) is 14.0. The molecule has 2 aromatic carbocycles. The summed E-state index contributed by atoms with van der Waals surface area (Å²) in [6, 6.07) is 13.7. The van der Waals surface area contributed by atoms with E-state index in [1.54, 1.807) is 30.3 Å². The lowest BCUT2D eigenvalue weighted by Crippen LogP contribution is -2.12. The number of rotatable bonds is 4. The summed E-state index contributed by atoms with van der Waals surface area (Å²) >= 11 is 12.1. The van der Waals surface area contributed by atoms with Crippen LogP contribution in [-0.2, 0) is 0 Å². The molecule has 0 fully saturated rings. The van der Waals surface area contributed by atoms with Crippen molar-refractivity contribution in [2.45, 2.75) is 0 Å². The molecule has 0 atom stereocenters. The van der Waals surface area contributed by atoms with Crippen LogP contribution < -0.4 is 5.32 Å². The molecule has 0 bridgehead atoms. The Morgan fingerprint density at radius 3 is 2.60 bits per heavy atom. The van der Waals surface area contributed by atoms with Crippen molar-refractivity contribution in [3.05, 3.63) is 80.5 Å². The molecule has 126 valence electrons. The maximum Gasteiger partial charge on any atom is 0.292 e. The number of benzene rings is 2. The Balaban J connectivity index is 1.87. The Hall–Kier alpha value is -2.83. The summed E-state index contributed by atoms with van der Waals surface area (Å²) in [6.07, 6.45) is 0. The fraction of sp³-hybridized carbons (Fsp3) is 0. The minimum absolute atomic E-state index is 0.0100. The van der Waals surface area contributed by atoms with Gasteiger partial charge in [-0.3, -0.25) is 14.9 Å². The second-order valence-corrected chi connectivity index (χ2v) is 5.86. The summed E-state index contributed by atoms with van der Waals surface area (Å²) in [6.45, 7) is 0. The molecule has 1 heterocycles. The van der Waals surface area contributed by atoms with Crippen LogP contribution in [0.2, 0.25) is 10.0 Å². The van der Waals surface area contributed by atoms with Crippen molar-refractivity contribution in [3.8, 4) is 11.3 Å². The Kier molecular flexibility index (Phi) is 4.74. The number of nitrogens with zero attached hydrogens (tertiary/aromatic N) is 1. The van der Waals surface area contributed by atoms with Crippen molar-refractivity contribution in [3.63, 3.8) is 0 Å². The van der Waals surface area contributed by atoms with Gasteiger partial charge in [0.25, 0.3) is 11.6 Å². The minimum atomic E-state index is -0.612. The lowest BCUT2D eigenvalue weighted by Gasteiger charge is -2.04. The number of para-hydroxylation sites is 2. The van der Waals surface area contributed by atoms with E-state index in [2.05, 4.69) is 5.32 Å². The Labute approximate surface area is 152 Å². The first-order valence-electron chi connectivity index (χ1n) is 7.06. The predicted molar refractivity (Wildman–Crippen MR) is 95.2 cm³/mol. The van der Waals surface area contributed by atoms with E-state index in [1.165, 1.54) is 24.3 Å². The SMILES string of the molecule is O=C(Nc1ccccc1[N+](=O)[O-])c1ccc(-c2cc(Cl)ccc2Cl)o1. The lowest BCUT2D eigenvalue weighted by molar-refractivity contribution is -0.383. The van der Waals surface area contributed by atoms with E-state index in [0.717, 1.165) is 0 Å². The number of furan rings is 1. The third-order valence-corrected chi connectivity index (χ3v) is 3.94. The fourth-order valence-corrected chi connectivity index (χ4v) is 2.60. The van der Waals surface area contributed by atoms with Gasteiger partial charge in [-0.15, -0.1) is 0 Å². The van der Waals surface area contributed by atoms with Crippen molar-refractivity contribution in [1.29, 1.82) is 0 Å². The van der Waals surface area contributed by atoms with Crippen molar-refractivity contribution < 1.29 is 14.1 Å². The number of carbonyl (C=O) groups excluding carboxylic acids is 1. The smallest absolute Gasteiger partial charge is 0.292 e. The molecule has 0 radical (unpaired) electrons. The Morgan fingerprint density at radius 2 is 1.84 bits per heavy atom. The molecule has 0 spiro atoms. The summed E-state index contributed by atoms with van der Waals surface area (Å²) in [5.74, 6) is -0.261. The van der Waals surface area contributed by atoms with Gasteiger partial charge in [0.1, 0.15) is 11.4 Å². The molecule has 0 aliphatic heterocycles. The number of amides is 1. The van der Waals surface area contributed by atoms with E-state index < -0.39 is 10.8 Å². The van der Waals surface area contributed by atoms with Gasteiger partial charge in [0.05, 0.1) is 9.95 Å². The maximum atomic E-state index is 12.3. The molecular weight excluding hydrogens is 367 g/mol. The molecule has 0 saturated carbocycles. The first kappa shape index (κ1) is 17.0. The van der Waals surface area contributed by atoms with Gasteiger partial charge in [-0.25, -0.2) is 0 Å². The zero-order chi connectivity index (χ0) is 18.0. The quantitative estimate of drug-likeness (QED) is 0.486. The number of anilines is 1. The molecule has 25 heavy (non-hydrogen) atoms. The minimum Gasteiger partial charge on any atom is -0.451 e. The molecule has 3 rings (SSSR count). The monoisotopic (exact) mass is 376 g/mol. The van der Waals surface area contributed by atoms with Crippen LogP contribution in [0.25, 0.3) is 11.3 Å². The Morgan fingerprint density at radius 1 is 1.08 bits per heavy atom. The van der Waals surface area contributed by atoms with Gasteiger partial charge >= 0.3 is 0 Å². The molecule has 0 aliphatic carbocycles. The van der Waals surface area contributed by atoms with E-state index in [0.29, 0.717) is 21.4 Å². The van der Waals surface area contributed by atoms with E-state index in [-0.39, 0.29) is 17.1 Å². The van der Waals surface area contributed by atoms with Gasteiger partial charge in [-0.1, -0.05) is 35.3 Å². The number of nitrogens with one attached hydrogen (secondary N) is 1. The second-order valence-electron chi connectivity index (χ2n) is 5.02. The van der Waals surface area contributed by atoms with Crippen LogP contribution >= 0.6 is 23.2 Å². The van der Waals surface area contributed by atoms with Gasteiger partial charge in [0.15, 0.2) is 5.76 Å². The molecule has 0 aliphatic rings. The number of hydrogen-bond donors (Lipinski definition) is 1. The number of nitro benzene ring substituents is 1. The van der Waals surface area contributed by atoms with E-state index in [1.807, 2.05) is 0 Å². The molecule has 0 saturated heterocycles. The first-order valence-corrected chi connectivity index (χ1v) is 7.81. The summed E-state index contributed by atoms with van der Waals surface area (Å²) in [4.78, 5) is 22.7. The standard InChI is InChI=1S/C17H10Cl2N2O4/c18-10-5-6-12(19)11(9-10)15-7-8-16(25-15)17(22)20-13-3-1-2-4-14(13)21(23)24/h1-9H,(H,20,22). The normalized spacial score (nSPS) is 10.5.